The van der Waals surface area contributed by atoms with Gasteiger partial charge in [0.2, 0.25) is 11.8 Å². The number of aryl methyl sites for hydroxylation is 3. The molecular weight excluding hydrogens is 600 g/mol. The van der Waals surface area contributed by atoms with Gasteiger partial charge in [0.15, 0.2) is 5.82 Å². The molecule has 0 bridgehead atoms. The molecule has 0 radical (unpaired) electrons. The zero-order valence-electron chi connectivity index (χ0n) is 27.6. The van der Waals surface area contributed by atoms with Crippen molar-refractivity contribution in [1.29, 1.82) is 0 Å². The molecule has 0 unspecified atom stereocenters. The molecule has 0 N–H and O–H groups in total. The van der Waals surface area contributed by atoms with E-state index in [9.17, 15) is 19.2 Å². The van der Waals surface area contributed by atoms with Crippen LogP contribution in [0.25, 0.3) is 11.0 Å². The lowest BCUT2D eigenvalue weighted by atomic mass is 9.70. The highest BCUT2D eigenvalue weighted by Gasteiger charge is 2.60. The van der Waals surface area contributed by atoms with Crippen LogP contribution < -0.4 is 4.90 Å². The summed E-state index contributed by atoms with van der Waals surface area (Å²) in [6.45, 7) is 12.6. The maximum Gasteiger partial charge on any atom is 0.338 e. The van der Waals surface area contributed by atoms with Gasteiger partial charge in [0.25, 0.3) is 0 Å². The minimum atomic E-state index is -0.947. The monoisotopic (exact) mass is 638 g/mol. The zero-order valence-corrected chi connectivity index (χ0v) is 27.6. The van der Waals surface area contributed by atoms with Crippen LogP contribution in [0.3, 0.4) is 0 Å². The van der Waals surface area contributed by atoms with E-state index in [4.69, 9.17) is 14.2 Å². The predicted molar refractivity (Wildman–Crippen MR) is 173 cm³/mol. The number of esters is 2. The highest BCUT2D eigenvalue weighted by Crippen LogP contribution is 2.49. The Balaban J connectivity index is 1.31. The summed E-state index contributed by atoms with van der Waals surface area (Å²) in [5, 5.41) is 0. The molecule has 2 saturated heterocycles. The first-order valence-corrected chi connectivity index (χ1v) is 15.6. The van der Waals surface area contributed by atoms with Gasteiger partial charge in [-0.15, -0.1) is 0 Å². The summed E-state index contributed by atoms with van der Waals surface area (Å²) in [7, 11) is 0. The van der Waals surface area contributed by atoms with E-state index in [0.717, 1.165) is 21.6 Å². The number of hydrogen-bond acceptors (Lipinski definition) is 9. The third-order valence-corrected chi connectivity index (χ3v) is 9.71. The Labute approximate surface area is 272 Å². The number of anilines is 1. The van der Waals surface area contributed by atoms with Gasteiger partial charge in [0.1, 0.15) is 30.6 Å². The number of aromatic nitrogens is 3. The second kappa shape index (κ2) is 11.7. The lowest BCUT2D eigenvalue weighted by Crippen LogP contribution is -2.35. The van der Waals surface area contributed by atoms with Crippen LogP contribution in [0.15, 0.2) is 61.1 Å². The number of imidazole rings is 1. The average Bonchev–Trinajstić information content (AvgIpc) is 3.68. The second-order valence-corrected chi connectivity index (χ2v) is 13.4. The van der Waals surface area contributed by atoms with E-state index in [0.29, 0.717) is 22.2 Å². The predicted octanol–water partition coefficient (Wildman–Crippen LogP) is 5.65. The number of hydrogen-bond donors (Lipinski definition) is 0. The van der Waals surface area contributed by atoms with Gasteiger partial charge in [-0.1, -0.05) is 35.4 Å². The number of ether oxygens (including phenoxy) is 3. The van der Waals surface area contributed by atoms with E-state index in [2.05, 4.69) is 9.97 Å². The number of pyridine rings is 1. The summed E-state index contributed by atoms with van der Waals surface area (Å²) in [5.74, 6) is -1.60. The van der Waals surface area contributed by atoms with E-state index in [1.54, 1.807) is 69.1 Å². The molecule has 3 atom stereocenters. The maximum absolute atomic E-state index is 13.5. The summed E-state index contributed by atoms with van der Waals surface area (Å²) in [6.07, 6.45) is 1.17. The molecule has 4 heterocycles. The molecule has 2 aromatic carbocycles. The van der Waals surface area contributed by atoms with Crippen molar-refractivity contribution in [1.82, 2.24) is 14.5 Å². The number of imide groups is 1. The van der Waals surface area contributed by atoms with Crippen molar-refractivity contribution >= 4 is 40.6 Å². The first kappa shape index (κ1) is 32.1. The molecule has 11 heteroatoms. The van der Waals surface area contributed by atoms with Crippen molar-refractivity contribution < 1.29 is 33.4 Å². The molecule has 2 fully saturated rings. The smallest absolute Gasteiger partial charge is 0.338 e. The van der Waals surface area contributed by atoms with Crippen molar-refractivity contribution in [3.8, 4) is 0 Å². The first-order valence-electron chi connectivity index (χ1n) is 15.6. The normalized spacial score (nSPS) is 21.8. The van der Waals surface area contributed by atoms with Crippen molar-refractivity contribution in [2.45, 2.75) is 73.3 Å². The van der Waals surface area contributed by atoms with Crippen molar-refractivity contribution in [3.05, 3.63) is 88.9 Å². The minimum Gasteiger partial charge on any atom is -0.459 e. The number of carbonyl (C=O) groups is 4. The van der Waals surface area contributed by atoms with Crippen LogP contribution in [-0.2, 0) is 23.8 Å². The summed E-state index contributed by atoms with van der Waals surface area (Å²) in [4.78, 5) is 63.3. The van der Waals surface area contributed by atoms with Crippen molar-refractivity contribution in [2.24, 2.45) is 10.8 Å². The number of nitrogens with zero attached hydrogens (tertiary/aromatic N) is 4. The van der Waals surface area contributed by atoms with Crippen LogP contribution >= 0.6 is 0 Å². The molecule has 4 aromatic rings. The van der Waals surface area contributed by atoms with E-state index >= 15 is 0 Å². The lowest BCUT2D eigenvalue weighted by molar-refractivity contribution is -0.129. The van der Waals surface area contributed by atoms with Crippen molar-refractivity contribution in [2.75, 3.05) is 11.5 Å². The van der Waals surface area contributed by atoms with Crippen molar-refractivity contribution in [3.63, 3.8) is 0 Å². The Hall–Kier alpha value is -4.90. The van der Waals surface area contributed by atoms with Crippen LogP contribution in [0.1, 0.15) is 77.8 Å². The first-order chi connectivity index (χ1) is 22.2. The van der Waals surface area contributed by atoms with Gasteiger partial charge < -0.3 is 18.8 Å². The highest BCUT2D eigenvalue weighted by atomic mass is 16.6. The fourth-order valence-corrected chi connectivity index (χ4v) is 5.93. The molecule has 47 heavy (non-hydrogen) atoms. The van der Waals surface area contributed by atoms with Gasteiger partial charge in [-0.05, 0) is 78.3 Å². The molecule has 6 rings (SSSR count). The third-order valence-electron chi connectivity index (χ3n) is 9.71. The molecule has 244 valence electrons. The average molecular weight is 639 g/mol. The van der Waals surface area contributed by atoms with E-state index in [-0.39, 0.29) is 30.7 Å². The Morgan fingerprint density at radius 2 is 1.40 bits per heavy atom. The second-order valence-electron chi connectivity index (χ2n) is 13.4. The zero-order chi connectivity index (χ0) is 33.8. The minimum absolute atomic E-state index is 0.155. The van der Waals surface area contributed by atoms with Gasteiger partial charge in [0.05, 0.1) is 33.8 Å². The lowest BCUT2D eigenvalue weighted by Gasteiger charge is -2.28. The Kier molecular flexibility index (Phi) is 7.99. The fourth-order valence-electron chi connectivity index (χ4n) is 5.93. The number of amides is 2. The summed E-state index contributed by atoms with van der Waals surface area (Å²) >= 11 is 0. The van der Waals surface area contributed by atoms with E-state index < -0.39 is 41.2 Å². The summed E-state index contributed by atoms with van der Waals surface area (Å²) in [5.41, 5.74) is 2.63. The summed E-state index contributed by atoms with van der Waals surface area (Å²) in [6, 6.07) is 14.1. The molecular formula is C36H38N4O7. The number of rotatable bonds is 7. The van der Waals surface area contributed by atoms with Crippen LogP contribution in [-0.4, -0.2) is 57.1 Å². The Morgan fingerprint density at radius 3 is 1.98 bits per heavy atom. The molecule has 0 spiro atoms. The van der Waals surface area contributed by atoms with Gasteiger partial charge in [0, 0.05) is 12.6 Å². The Bertz CT molecular complexity index is 1870. The molecule has 2 aliphatic rings. The van der Waals surface area contributed by atoms with Crippen LogP contribution in [0.2, 0.25) is 0 Å². The van der Waals surface area contributed by atoms with Crippen LogP contribution in [0, 0.1) is 31.6 Å². The molecule has 0 saturated carbocycles. The topological polar surface area (TPSA) is 130 Å². The standard InChI is InChI=1S/C36H38N4O7/c1-20-8-12-23(13-9-20)31(41)45-18-26-25(47-32(42)24-14-10-21(2)11-15-24)16-27(46-26)39-19-38-28-29(39)22(3)17-37-30(28)40-33(43)35(4,5)36(6,7)34(40)44/h8-15,17,19,25-27H,16,18H2,1-7H3/t25-,26+,27+/m0/s1. The maximum atomic E-state index is 13.5. The van der Waals surface area contributed by atoms with E-state index in [1.807, 2.05) is 45.0 Å². The molecule has 2 amide bonds. The molecule has 2 aliphatic heterocycles. The third kappa shape index (κ3) is 5.48. The largest absolute Gasteiger partial charge is 0.459 e. The molecule has 11 nitrogen and oxygen atoms in total. The van der Waals surface area contributed by atoms with Gasteiger partial charge >= 0.3 is 11.9 Å². The quantitative estimate of drug-likeness (QED) is 0.186. The molecule has 0 aliphatic carbocycles. The van der Waals surface area contributed by atoms with Crippen LogP contribution in [0.5, 0.6) is 0 Å². The van der Waals surface area contributed by atoms with E-state index in [1.165, 1.54) is 0 Å². The number of benzene rings is 2. The van der Waals surface area contributed by atoms with Gasteiger partial charge in [-0.2, -0.15) is 0 Å². The van der Waals surface area contributed by atoms with Crippen LogP contribution in [0.4, 0.5) is 5.82 Å². The number of carbonyl (C=O) groups excluding carboxylic acids is 4. The van der Waals surface area contributed by atoms with Gasteiger partial charge in [-0.3, -0.25) is 9.59 Å². The Morgan fingerprint density at radius 1 is 0.851 bits per heavy atom. The molecule has 2 aromatic heterocycles. The fraction of sp³-hybridized carbons (Fsp3) is 0.389. The SMILES string of the molecule is Cc1ccc(C(=O)OC[C@H]2O[C@@H](n3cnc4c(N5C(=O)C(C)(C)C(C)(C)C5=O)ncc(C)c43)C[C@@H]2OC(=O)c2ccc(C)cc2)cc1. The van der Waals surface area contributed by atoms with Gasteiger partial charge in [-0.25, -0.2) is 24.5 Å². The summed E-state index contributed by atoms with van der Waals surface area (Å²) < 4.78 is 19.8. The number of fused-ring (bicyclic) bond motifs is 1. The highest BCUT2D eigenvalue weighted by molar-refractivity contribution is 6.26.